The third-order valence-corrected chi connectivity index (χ3v) is 4.97. The molecule has 6 heteroatoms. The van der Waals surface area contributed by atoms with E-state index < -0.39 is 0 Å². The fourth-order valence-electron chi connectivity index (χ4n) is 2.72. The molecule has 0 unspecified atom stereocenters. The van der Waals surface area contributed by atoms with E-state index in [9.17, 15) is 5.11 Å². The Hall–Kier alpha value is -2.96. The molecule has 2 N–H and O–H groups in total. The number of nitrogens with one attached hydrogen (secondary N) is 1. The molecule has 130 valence electrons. The highest BCUT2D eigenvalue weighted by Crippen LogP contribution is 2.32. The van der Waals surface area contributed by atoms with Gasteiger partial charge in [-0.3, -0.25) is 4.98 Å². The fourth-order valence-corrected chi connectivity index (χ4v) is 3.64. The highest BCUT2D eigenvalue weighted by atomic mass is 32.1. The van der Waals surface area contributed by atoms with E-state index in [1.165, 1.54) is 0 Å². The zero-order valence-corrected chi connectivity index (χ0v) is 15.0. The van der Waals surface area contributed by atoms with Gasteiger partial charge in [0.2, 0.25) is 0 Å². The maximum Gasteiger partial charge on any atom is 0.188 e. The summed E-state index contributed by atoms with van der Waals surface area (Å²) in [5, 5.41) is 13.4. The first kappa shape index (κ1) is 16.5. The largest absolute Gasteiger partial charge is 0.495 e. The van der Waals surface area contributed by atoms with Gasteiger partial charge < -0.3 is 15.2 Å². The smallest absolute Gasteiger partial charge is 0.188 e. The number of methoxy groups -OCH3 is 1. The van der Waals surface area contributed by atoms with Gasteiger partial charge in [0, 0.05) is 17.4 Å². The van der Waals surface area contributed by atoms with Crippen molar-refractivity contribution in [1.82, 2.24) is 9.97 Å². The molecule has 2 aromatic heterocycles. The van der Waals surface area contributed by atoms with E-state index in [1.807, 2.05) is 48.7 Å². The molecule has 0 spiro atoms. The molecule has 4 rings (SSSR count). The molecule has 0 saturated heterocycles. The standard InChI is InChI=1S/C20H17N3O2S/c1-25-17-8-15(10-21-11-17)14-5-6-18-19(9-14)26-20(23-18)22-16-4-2-3-13(7-16)12-24/h2-11,24H,12H2,1H3,(H,22,23). The lowest BCUT2D eigenvalue weighted by atomic mass is 10.1. The molecule has 2 aromatic carbocycles. The molecule has 0 bridgehead atoms. The van der Waals surface area contributed by atoms with Gasteiger partial charge in [0.05, 0.1) is 30.1 Å². The van der Waals surface area contributed by atoms with Gasteiger partial charge in [-0.25, -0.2) is 4.98 Å². The number of aliphatic hydroxyl groups excluding tert-OH is 1. The lowest BCUT2D eigenvalue weighted by molar-refractivity contribution is 0.282. The Bertz CT molecular complexity index is 1060. The topological polar surface area (TPSA) is 67.3 Å². The third-order valence-electron chi connectivity index (χ3n) is 4.03. The summed E-state index contributed by atoms with van der Waals surface area (Å²) >= 11 is 1.59. The predicted molar refractivity (Wildman–Crippen MR) is 105 cm³/mol. The van der Waals surface area contributed by atoms with Crippen LogP contribution in [0, 0.1) is 0 Å². The monoisotopic (exact) mass is 363 g/mol. The van der Waals surface area contributed by atoms with Crippen molar-refractivity contribution in [2.45, 2.75) is 6.61 Å². The molecule has 0 amide bonds. The Morgan fingerprint density at radius 3 is 2.85 bits per heavy atom. The Morgan fingerprint density at radius 2 is 2.00 bits per heavy atom. The Kier molecular flexibility index (Phi) is 4.51. The molecule has 26 heavy (non-hydrogen) atoms. The van der Waals surface area contributed by atoms with Gasteiger partial charge in [-0.05, 0) is 41.5 Å². The predicted octanol–water partition coefficient (Wildman–Crippen LogP) is 4.60. The van der Waals surface area contributed by atoms with Crippen LogP contribution in [0.25, 0.3) is 21.3 Å². The van der Waals surface area contributed by atoms with Crippen LogP contribution < -0.4 is 10.1 Å². The van der Waals surface area contributed by atoms with Crippen molar-refractivity contribution < 1.29 is 9.84 Å². The number of fused-ring (bicyclic) bond motifs is 1. The second-order valence-electron chi connectivity index (χ2n) is 5.80. The number of rotatable bonds is 5. The SMILES string of the molecule is COc1cncc(-c2ccc3nc(Nc4cccc(CO)c4)sc3c2)c1. The van der Waals surface area contributed by atoms with Crippen LogP contribution in [0.2, 0.25) is 0 Å². The summed E-state index contributed by atoms with van der Waals surface area (Å²) in [5.74, 6) is 0.734. The third kappa shape index (κ3) is 3.37. The van der Waals surface area contributed by atoms with E-state index in [1.54, 1.807) is 24.6 Å². The molecular formula is C20H17N3O2S. The summed E-state index contributed by atoms with van der Waals surface area (Å²) in [5.41, 5.74) is 4.79. The number of benzene rings is 2. The highest BCUT2D eigenvalue weighted by molar-refractivity contribution is 7.22. The second-order valence-corrected chi connectivity index (χ2v) is 6.83. The van der Waals surface area contributed by atoms with Crippen molar-refractivity contribution in [2.24, 2.45) is 0 Å². The van der Waals surface area contributed by atoms with Crippen LogP contribution in [-0.2, 0) is 6.61 Å². The zero-order valence-electron chi connectivity index (χ0n) is 14.1. The molecule has 0 atom stereocenters. The quantitative estimate of drug-likeness (QED) is 0.542. The number of hydrogen-bond acceptors (Lipinski definition) is 6. The van der Waals surface area contributed by atoms with E-state index in [4.69, 9.17) is 4.74 Å². The van der Waals surface area contributed by atoms with Gasteiger partial charge >= 0.3 is 0 Å². The number of anilines is 2. The van der Waals surface area contributed by atoms with Gasteiger partial charge in [-0.15, -0.1) is 0 Å². The molecule has 0 aliphatic heterocycles. The van der Waals surface area contributed by atoms with Gasteiger partial charge in [-0.2, -0.15) is 0 Å². The Labute approximate surface area is 154 Å². The van der Waals surface area contributed by atoms with Crippen LogP contribution in [0.5, 0.6) is 5.75 Å². The minimum Gasteiger partial charge on any atom is -0.495 e. The van der Waals surface area contributed by atoms with Crippen LogP contribution in [0.15, 0.2) is 60.9 Å². The van der Waals surface area contributed by atoms with Crippen LogP contribution in [0.3, 0.4) is 0 Å². The molecule has 0 saturated carbocycles. The second kappa shape index (κ2) is 7.11. The first-order valence-corrected chi connectivity index (χ1v) is 8.93. The number of ether oxygens (including phenoxy) is 1. The van der Waals surface area contributed by atoms with Crippen LogP contribution in [0.1, 0.15) is 5.56 Å². The van der Waals surface area contributed by atoms with Crippen LogP contribution in [0.4, 0.5) is 10.8 Å². The average molecular weight is 363 g/mol. The van der Waals surface area contributed by atoms with E-state index in [-0.39, 0.29) is 6.61 Å². The van der Waals surface area contributed by atoms with Crippen molar-refractivity contribution in [3.8, 4) is 16.9 Å². The van der Waals surface area contributed by atoms with Crippen molar-refractivity contribution in [2.75, 3.05) is 12.4 Å². The minimum atomic E-state index is 0.0211. The van der Waals surface area contributed by atoms with Crippen molar-refractivity contribution in [1.29, 1.82) is 0 Å². The van der Waals surface area contributed by atoms with Gasteiger partial charge in [-0.1, -0.05) is 29.5 Å². The van der Waals surface area contributed by atoms with E-state index >= 15 is 0 Å². The van der Waals surface area contributed by atoms with Crippen LogP contribution >= 0.6 is 11.3 Å². The highest BCUT2D eigenvalue weighted by Gasteiger charge is 2.07. The Morgan fingerprint density at radius 1 is 1.08 bits per heavy atom. The summed E-state index contributed by atoms with van der Waals surface area (Å²) in [7, 11) is 1.64. The first-order chi connectivity index (χ1) is 12.7. The normalized spacial score (nSPS) is 10.8. The summed E-state index contributed by atoms with van der Waals surface area (Å²) in [6.07, 6.45) is 3.52. The maximum absolute atomic E-state index is 9.26. The first-order valence-electron chi connectivity index (χ1n) is 8.12. The zero-order chi connectivity index (χ0) is 17.9. The number of thiazole rings is 1. The summed E-state index contributed by atoms with van der Waals surface area (Å²) in [4.78, 5) is 8.86. The summed E-state index contributed by atoms with van der Waals surface area (Å²) in [6, 6.07) is 15.8. The molecule has 4 aromatic rings. The summed E-state index contributed by atoms with van der Waals surface area (Å²) in [6.45, 7) is 0.0211. The Balaban J connectivity index is 1.65. The van der Waals surface area contributed by atoms with E-state index in [0.717, 1.165) is 43.5 Å². The molecule has 0 aliphatic carbocycles. The van der Waals surface area contributed by atoms with Gasteiger partial charge in [0.15, 0.2) is 5.13 Å². The number of aromatic nitrogens is 2. The molecule has 5 nitrogen and oxygen atoms in total. The minimum absolute atomic E-state index is 0.0211. The fraction of sp³-hybridized carbons (Fsp3) is 0.100. The number of pyridine rings is 1. The number of hydrogen-bond donors (Lipinski definition) is 2. The molecule has 0 radical (unpaired) electrons. The number of nitrogens with zero attached hydrogens (tertiary/aromatic N) is 2. The number of aliphatic hydroxyl groups is 1. The lowest BCUT2D eigenvalue weighted by Crippen LogP contribution is -1.91. The van der Waals surface area contributed by atoms with Crippen molar-refractivity contribution in [3.05, 3.63) is 66.5 Å². The van der Waals surface area contributed by atoms with Crippen LogP contribution in [-0.4, -0.2) is 22.2 Å². The molecular weight excluding hydrogens is 346 g/mol. The van der Waals surface area contributed by atoms with Crippen molar-refractivity contribution in [3.63, 3.8) is 0 Å². The molecule has 0 fully saturated rings. The van der Waals surface area contributed by atoms with E-state index in [2.05, 4.69) is 21.4 Å². The average Bonchev–Trinajstić information content (AvgIpc) is 3.09. The summed E-state index contributed by atoms with van der Waals surface area (Å²) < 4.78 is 6.34. The molecule has 0 aliphatic rings. The lowest BCUT2D eigenvalue weighted by Gasteiger charge is -2.03. The van der Waals surface area contributed by atoms with Gasteiger partial charge in [0.25, 0.3) is 0 Å². The van der Waals surface area contributed by atoms with Gasteiger partial charge in [0.1, 0.15) is 5.75 Å². The molecule has 2 heterocycles. The maximum atomic E-state index is 9.26. The van der Waals surface area contributed by atoms with Crippen molar-refractivity contribution >= 4 is 32.4 Å². The van der Waals surface area contributed by atoms with E-state index in [0.29, 0.717) is 0 Å².